The summed E-state index contributed by atoms with van der Waals surface area (Å²) < 4.78 is 7.93. The first-order valence-electron chi connectivity index (χ1n) is 9.31. The number of benzene rings is 2. The summed E-state index contributed by atoms with van der Waals surface area (Å²) in [6.07, 6.45) is -0.262. The third kappa shape index (κ3) is 5.52. The molecule has 3 rings (SSSR count). The van der Waals surface area contributed by atoms with E-state index in [1.54, 1.807) is 12.1 Å². The summed E-state index contributed by atoms with van der Waals surface area (Å²) in [5, 5.41) is 12.7. The van der Waals surface area contributed by atoms with Gasteiger partial charge in [0.1, 0.15) is 5.75 Å². The summed E-state index contributed by atoms with van der Waals surface area (Å²) in [6.45, 7) is 6.56. The van der Waals surface area contributed by atoms with Crippen LogP contribution in [-0.2, 0) is 11.3 Å². The number of hydrogen-bond donors (Lipinski definition) is 1. The molecular formula is C21H23ClN4O2S. The second-order valence-corrected chi connectivity index (χ2v) is 7.83. The van der Waals surface area contributed by atoms with E-state index in [1.165, 1.54) is 11.8 Å². The fourth-order valence-electron chi connectivity index (χ4n) is 2.81. The lowest BCUT2D eigenvalue weighted by Crippen LogP contribution is -2.16. The number of thioether (sulfide) groups is 1. The smallest absolute Gasteiger partial charge is 0.234 e. The second-order valence-electron chi connectivity index (χ2n) is 6.45. The van der Waals surface area contributed by atoms with Crippen molar-refractivity contribution in [1.29, 1.82) is 0 Å². The standard InChI is InChI=1S/C21H23ClN4O2S/c1-4-26-20(15(3)28-17-8-6-5-7-9-17)24-25-21(26)29-13-19(27)23-18-12-16(22)11-10-14(18)2/h5-12,15H,4,13H2,1-3H3,(H,23,27). The van der Waals surface area contributed by atoms with Gasteiger partial charge < -0.3 is 14.6 Å². The largest absolute Gasteiger partial charge is 0.483 e. The number of aryl methyl sites for hydroxylation is 1. The maximum Gasteiger partial charge on any atom is 0.234 e. The van der Waals surface area contributed by atoms with E-state index >= 15 is 0 Å². The highest BCUT2D eigenvalue weighted by molar-refractivity contribution is 7.99. The van der Waals surface area contributed by atoms with Crippen LogP contribution in [0.15, 0.2) is 53.7 Å². The van der Waals surface area contributed by atoms with Crippen LogP contribution in [-0.4, -0.2) is 26.4 Å². The molecule has 0 fully saturated rings. The van der Waals surface area contributed by atoms with E-state index in [0.29, 0.717) is 22.4 Å². The Balaban J connectivity index is 1.64. The molecule has 1 unspecified atom stereocenters. The van der Waals surface area contributed by atoms with Crippen LogP contribution in [0.25, 0.3) is 0 Å². The van der Waals surface area contributed by atoms with Crippen molar-refractivity contribution < 1.29 is 9.53 Å². The number of hydrogen-bond acceptors (Lipinski definition) is 5. The Morgan fingerprint density at radius 3 is 2.72 bits per heavy atom. The van der Waals surface area contributed by atoms with Crippen LogP contribution in [0.5, 0.6) is 5.75 Å². The summed E-state index contributed by atoms with van der Waals surface area (Å²) in [5.41, 5.74) is 1.67. The predicted molar refractivity (Wildman–Crippen MR) is 117 cm³/mol. The molecule has 0 radical (unpaired) electrons. The van der Waals surface area contributed by atoms with E-state index in [2.05, 4.69) is 15.5 Å². The number of halogens is 1. The van der Waals surface area contributed by atoms with Crippen LogP contribution in [0.2, 0.25) is 5.02 Å². The van der Waals surface area contributed by atoms with Crippen LogP contribution in [0, 0.1) is 6.92 Å². The number of carbonyl (C=O) groups is 1. The minimum absolute atomic E-state index is 0.124. The average molecular weight is 431 g/mol. The van der Waals surface area contributed by atoms with Gasteiger partial charge in [-0.3, -0.25) is 4.79 Å². The van der Waals surface area contributed by atoms with Gasteiger partial charge in [-0.2, -0.15) is 0 Å². The van der Waals surface area contributed by atoms with Crippen molar-refractivity contribution in [2.75, 3.05) is 11.1 Å². The number of anilines is 1. The van der Waals surface area contributed by atoms with Gasteiger partial charge in [0, 0.05) is 17.3 Å². The molecule has 1 N–H and O–H groups in total. The maximum absolute atomic E-state index is 12.4. The van der Waals surface area contributed by atoms with Gasteiger partial charge >= 0.3 is 0 Å². The zero-order valence-corrected chi connectivity index (χ0v) is 18.1. The van der Waals surface area contributed by atoms with Crippen LogP contribution in [0.1, 0.15) is 31.3 Å². The number of rotatable bonds is 8. The van der Waals surface area contributed by atoms with E-state index < -0.39 is 0 Å². The molecule has 29 heavy (non-hydrogen) atoms. The lowest BCUT2D eigenvalue weighted by molar-refractivity contribution is -0.113. The zero-order valence-electron chi connectivity index (χ0n) is 16.6. The molecule has 1 amide bonds. The molecule has 0 bridgehead atoms. The molecule has 8 heteroatoms. The van der Waals surface area contributed by atoms with Crippen molar-refractivity contribution in [2.24, 2.45) is 0 Å². The topological polar surface area (TPSA) is 69.0 Å². The second kappa shape index (κ2) is 9.80. The number of carbonyl (C=O) groups excluding carboxylic acids is 1. The number of nitrogens with zero attached hydrogens (tertiary/aromatic N) is 3. The first kappa shape index (κ1) is 21.2. The molecule has 0 spiro atoms. The number of aromatic nitrogens is 3. The molecule has 6 nitrogen and oxygen atoms in total. The summed E-state index contributed by atoms with van der Waals surface area (Å²) in [5.74, 6) is 1.60. The van der Waals surface area contributed by atoms with Crippen molar-refractivity contribution in [2.45, 2.75) is 38.6 Å². The fraction of sp³-hybridized carbons (Fsp3) is 0.286. The molecule has 1 atom stereocenters. The Hall–Kier alpha value is -2.51. The minimum atomic E-state index is -0.262. The van der Waals surface area contributed by atoms with E-state index in [9.17, 15) is 4.79 Å². The van der Waals surface area contributed by atoms with Crippen LogP contribution < -0.4 is 10.1 Å². The Bertz CT molecular complexity index is 978. The van der Waals surface area contributed by atoms with E-state index in [0.717, 1.165) is 17.1 Å². The molecule has 0 saturated heterocycles. The Kier molecular flexibility index (Phi) is 7.17. The van der Waals surface area contributed by atoms with Gasteiger partial charge in [0.25, 0.3) is 0 Å². The first-order valence-corrected chi connectivity index (χ1v) is 10.7. The fourth-order valence-corrected chi connectivity index (χ4v) is 3.79. The lowest BCUT2D eigenvalue weighted by Gasteiger charge is -2.15. The Morgan fingerprint density at radius 1 is 1.24 bits per heavy atom. The molecule has 0 aliphatic carbocycles. The molecule has 0 aliphatic rings. The van der Waals surface area contributed by atoms with Gasteiger partial charge in [-0.1, -0.05) is 47.6 Å². The third-order valence-electron chi connectivity index (χ3n) is 4.29. The third-order valence-corrected chi connectivity index (χ3v) is 5.49. The van der Waals surface area contributed by atoms with E-state index in [1.807, 2.05) is 61.7 Å². The number of para-hydroxylation sites is 1. The lowest BCUT2D eigenvalue weighted by atomic mass is 10.2. The maximum atomic E-state index is 12.4. The number of ether oxygens (including phenoxy) is 1. The monoisotopic (exact) mass is 430 g/mol. The van der Waals surface area contributed by atoms with Crippen LogP contribution in [0.4, 0.5) is 5.69 Å². The summed E-state index contributed by atoms with van der Waals surface area (Å²) in [4.78, 5) is 12.4. The number of amides is 1. The van der Waals surface area contributed by atoms with Gasteiger partial charge in [-0.25, -0.2) is 0 Å². The zero-order chi connectivity index (χ0) is 20.8. The number of nitrogens with one attached hydrogen (secondary N) is 1. The van der Waals surface area contributed by atoms with Crippen molar-refractivity contribution in [3.8, 4) is 5.75 Å². The highest BCUT2D eigenvalue weighted by atomic mass is 35.5. The van der Waals surface area contributed by atoms with E-state index in [4.69, 9.17) is 16.3 Å². The SMILES string of the molecule is CCn1c(SCC(=O)Nc2cc(Cl)ccc2C)nnc1C(C)Oc1ccccc1. The Morgan fingerprint density at radius 2 is 2.00 bits per heavy atom. The highest BCUT2D eigenvalue weighted by Gasteiger charge is 2.19. The van der Waals surface area contributed by atoms with Gasteiger partial charge in [-0.05, 0) is 50.6 Å². The van der Waals surface area contributed by atoms with Crippen molar-refractivity contribution >= 4 is 35.0 Å². The molecule has 0 aliphatic heterocycles. The highest BCUT2D eigenvalue weighted by Crippen LogP contribution is 2.25. The molecular weight excluding hydrogens is 408 g/mol. The van der Waals surface area contributed by atoms with Gasteiger partial charge in [-0.15, -0.1) is 10.2 Å². The first-order chi connectivity index (χ1) is 14.0. The average Bonchev–Trinajstić information content (AvgIpc) is 3.13. The normalized spacial score (nSPS) is 11.9. The van der Waals surface area contributed by atoms with Crippen molar-refractivity contribution in [1.82, 2.24) is 14.8 Å². The summed E-state index contributed by atoms with van der Waals surface area (Å²) in [7, 11) is 0. The van der Waals surface area contributed by atoms with Crippen LogP contribution >= 0.6 is 23.4 Å². The molecule has 3 aromatic rings. The molecule has 0 saturated carbocycles. The van der Waals surface area contributed by atoms with Crippen LogP contribution in [0.3, 0.4) is 0 Å². The van der Waals surface area contributed by atoms with Crippen molar-refractivity contribution in [3.63, 3.8) is 0 Å². The van der Waals surface area contributed by atoms with Crippen molar-refractivity contribution in [3.05, 3.63) is 64.9 Å². The Labute approximate surface area is 179 Å². The van der Waals surface area contributed by atoms with E-state index in [-0.39, 0.29) is 17.8 Å². The summed E-state index contributed by atoms with van der Waals surface area (Å²) in [6, 6.07) is 15.0. The van der Waals surface area contributed by atoms with Gasteiger partial charge in [0.05, 0.1) is 5.75 Å². The predicted octanol–water partition coefficient (Wildman–Crippen LogP) is 5.13. The van der Waals surface area contributed by atoms with Gasteiger partial charge in [0.2, 0.25) is 5.91 Å². The molecule has 1 heterocycles. The minimum Gasteiger partial charge on any atom is -0.483 e. The summed E-state index contributed by atoms with van der Waals surface area (Å²) >= 11 is 7.36. The van der Waals surface area contributed by atoms with Gasteiger partial charge in [0.15, 0.2) is 17.1 Å². The molecule has 152 valence electrons. The molecule has 1 aromatic heterocycles. The quantitative estimate of drug-likeness (QED) is 0.501. The molecule has 2 aromatic carbocycles.